The number of amides is 1. The Kier molecular flexibility index (Phi) is 7.55. The molecule has 4 nitrogen and oxygen atoms in total. The highest BCUT2D eigenvalue weighted by Crippen LogP contribution is 2.27. The summed E-state index contributed by atoms with van der Waals surface area (Å²) < 4.78 is 0. The van der Waals surface area contributed by atoms with Crippen molar-refractivity contribution < 1.29 is 4.79 Å². The molecule has 3 rings (SSSR count). The third-order valence-corrected chi connectivity index (χ3v) is 6.32. The van der Waals surface area contributed by atoms with E-state index >= 15 is 0 Å². The van der Waals surface area contributed by atoms with Crippen molar-refractivity contribution in [3.8, 4) is 0 Å². The Labute approximate surface area is 174 Å². The van der Waals surface area contributed by atoms with E-state index in [9.17, 15) is 4.79 Å². The van der Waals surface area contributed by atoms with Crippen LogP contribution in [0.2, 0.25) is 5.02 Å². The molecule has 0 unspecified atom stereocenters. The quantitative estimate of drug-likeness (QED) is 0.630. The number of anilines is 1. The molecule has 152 valence electrons. The molecule has 0 saturated carbocycles. The number of likely N-dealkylation sites (tertiary alicyclic amines) is 1. The molecule has 2 aliphatic heterocycles. The lowest BCUT2D eigenvalue weighted by molar-refractivity contribution is -0.132. The van der Waals surface area contributed by atoms with Gasteiger partial charge >= 0.3 is 0 Å². The van der Waals surface area contributed by atoms with Crippen LogP contribution in [0, 0.1) is 5.92 Å². The van der Waals surface area contributed by atoms with Gasteiger partial charge in [0.25, 0.3) is 0 Å². The molecular weight excluding hydrogens is 370 g/mol. The summed E-state index contributed by atoms with van der Waals surface area (Å²) in [5, 5.41) is 0.781. The van der Waals surface area contributed by atoms with Crippen molar-refractivity contribution in [3.63, 3.8) is 0 Å². The van der Waals surface area contributed by atoms with Gasteiger partial charge in [0.05, 0.1) is 6.04 Å². The molecule has 2 fully saturated rings. The van der Waals surface area contributed by atoms with Crippen LogP contribution in [-0.2, 0) is 4.79 Å². The molecule has 0 spiro atoms. The molecule has 0 aromatic heterocycles. The highest BCUT2D eigenvalue weighted by atomic mass is 35.5. The zero-order valence-electron chi connectivity index (χ0n) is 16.9. The predicted molar refractivity (Wildman–Crippen MR) is 119 cm³/mol. The van der Waals surface area contributed by atoms with Crippen LogP contribution in [0.15, 0.2) is 41.9 Å². The number of nitrogens with zero attached hydrogens (tertiary/aromatic N) is 3. The second kappa shape index (κ2) is 10.1. The van der Waals surface area contributed by atoms with E-state index in [-0.39, 0.29) is 0 Å². The molecule has 28 heavy (non-hydrogen) atoms. The van der Waals surface area contributed by atoms with E-state index in [1.54, 1.807) is 6.08 Å². The van der Waals surface area contributed by atoms with Crippen LogP contribution in [0.4, 0.5) is 5.69 Å². The molecule has 1 amide bonds. The van der Waals surface area contributed by atoms with Crippen LogP contribution in [0.5, 0.6) is 0 Å². The van der Waals surface area contributed by atoms with Crippen LogP contribution in [0.25, 0.3) is 0 Å². The number of aliphatic imine (C=N–C) groups is 1. The van der Waals surface area contributed by atoms with Gasteiger partial charge in [0, 0.05) is 49.0 Å². The lowest BCUT2D eigenvalue weighted by Crippen LogP contribution is -2.40. The lowest BCUT2D eigenvalue weighted by atomic mass is 9.91. The van der Waals surface area contributed by atoms with Crippen molar-refractivity contribution in [1.82, 2.24) is 4.90 Å². The maximum atomic E-state index is 12.6. The third-order valence-electron chi connectivity index (χ3n) is 6.07. The fourth-order valence-electron chi connectivity index (χ4n) is 4.20. The van der Waals surface area contributed by atoms with Gasteiger partial charge in [-0.3, -0.25) is 9.79 Å². The summed E-state index contributed by atoms with van der Waals surface area (Å²) in [5.74, 6) is 0.980. The number of allylic oxidation sites excluding steroid dienone is 1. The molecule has 0 aliphatic carbocycles. The van der Waals surface area contributed by atoms with Crippen LogP contribution in [0.3, 0.4) is 0 Å². The van der Waals surface area contributed by atoms with Gasteiger partial charge in [0.15, 0.2) is 0 Å². The van der Waals surface area contributed by atoms with E-state index in [0.29, 0.717) is 24.3 Å². The van der Waals surface area contributed by atoms with Gasteiger partial charge < -0.3 is 9.80 Å². The van der Waals surface area contributed by atoms with E-state index in [1.165, 1.54) is 5.69 Å². The Bertz CT molecular complexity index is 684. The SMILES string of the molecule is C=CC(C)=NC1CCN(C(=O)CCC2CCN(c3ccc(Cl)cc3)CC2)CC1. The predicted octanol–water partition coefficient (Wildman–Crippen LogP) is 4.97. The Morgan fingerprint density at radius 3 is 2.39 bits per heavy atom. The second-order valence-corrected chi connectivity index (χ2v) is 8.47. The summed E-state index contributed by atoms with van der Waals surface area (Å²) >= 11 is 5.98. The standard InChI is InChI=1S/C23H32ClN3O/c1-3-18(2)25-21-12-16-27(17-13-21)23(28)9-4-19-10-14-26(15-11-19)22-7-5-20(24)6-8-22/h3,5-8,19,21H,1,4,9-17H2,2H3. The molecule has 5 heteroatoms. The van der Waals surface area contributed by atoms with Crippen molar-refractivity contribution in [2.75, 3.05) is 31.1 Å². The van der Waals surface area contributed by atoms with Gasteiger partial charge in [-0.2, -0.15) is 0 Å². The minimum absolute atomic E-state index is 0.322. The molecule has 2 aliphatic rings. The number of carbonyl (C=O) groups is 1. The number of carbonyl (C=O) groups excluding carboxylic acids is 1. The molecule has 0 N–H and O–H groups in total. The van der Waals surface area contributed by atoms with Crippen molar-refractivity contribution >= 4 is 28.9 Å². The van der Waals surface area contributed by atoms with Crippen molar-refractivity contribution in [2.24, 2.45) is 10.9 Å². The molecule has 0 atom stereocenters. The zero-order valence-corrected chi connectivity index (χ0v) is 17.7. The summed E-state index contributed by atoms with van der Waals surface area (Å²) in [6.45, 7) is 9.55. The van der Waals surface area contributed by atoms with Crippen molar-refractivity contribution in [3.05, 3.63) is 41.9 Å². The topological polar surface area (TPSA) is 35.9 Å². The Morgan fingerprint density at radius 2 is 1.79 bits per heavy atom. The molecule has 2 saturated heterocycles. The average Bonchev–Trinajstić information content (AvgIpc) is 2.73. The first-order valence-corrected chi connectivity index (χ1v) is 10.9. The van der Waals surface area contributed by atoms with Crippen LogP contribution in [-0.4, -0.2) is 48.7 Å². The largest absolute Gasteiger partial charge is 0.372 e. The number of halogens is 1. The maximum absolute atomic E-state index is 12.6. The van der Waals surface area contributed by atoms with Gasteiger partial charge in [-0.15, -0.1) is 0 Å². The lowest BCUT2D eigenvalue weighted by Gasteiger charge is -2.34. The minimum atomic E-state index is 0.322. The zero-order chi connectivity index (χ0) is 19.9. The first kappa shape index (κ1) is 20.9. The van der Waals surface area contributed by atoms with Gasteiger partial charge in [-0.05, 0) is 75.3 Å². The van der Waals surface area contributed by atoms with Gasteiger partial charge in [0.1, 0.15) is 0 Å². The highest BCUT2D eigenvalue weighted by molar-refractivity contribution is 6.30. The number of hydrogen-bond donors (Lipinski definition) is 0. The molecule has 0 radical (unpaired) electrons. The van der Waals surface area contributed by atoms with Crippen LogP contribution < -0.4 is 4.90 Å². The monoisotopic (exact) mass is 401 g/mol. The third kappa shape index (κ3) is 5.84. The summed E-state index contributed by atoms with van der Waals surface area (Å²) in [5.41, 5.74) is 2.24. The summed E-state index contributed by atoms with van der Waals surface area (Å²) in [7, 11) is 0. The Hall–Kier alpha value is -1.81. The first-order chi connectivity index (χ1) is 13.5. The number of piperidine rings is 2. The Balaban J connectivity index is 1.37. The second-order valence-electron chi connectivity index (χ2n) is 8.03. The van der Waals surface area contributed by atoms with E-state index in [4.69, 9.17) is 11.6 Å². The summed E-state index contributed by atoms with van der Waals surface area (Å²) in [4.78, 5) is 21.7. The molecule has 1 aromatic rings. The normalized spacial score (nSPS) is 19.7. The highest BCUT2D eigenvalue weighted by Gasteiger charge is 2.24. The summed E-state index contributed by atoms with van der Waals surface area (Å²) in [6.07, 6.45) is 7.76. The van der Waals surface area contributed by atoms with Gasteiger partial charge in [-0.25, -0.2) is 0 Å². The van der Waals surface area contributed by atoms with Crippen molar-refractivity contribution in [2.45, 2.75) is 51.5 Å². The van der Waals surface area contributed by atoms with Crippen LogP contribution in [0.1, 0.15) is 45.4 Å². The molecule has 0 bridgehead atoms. The number of hydrogen-bond acceptors (Lipinski definition) is 3. The minimum Gasteiger partial charge on any atom is -0.372 e. The van der Waals surface area contributed by atoms with Gasteiger partial charge in [-0.1, -0.05) is 18.2 Å². The average molecular weight is 402 g/mol. The van der Waals surface area contributed by atoms with Crippen LogP contribution >= 0.6 is 11.6 Å². The fraction of sp³-hybridized carbons (Fsp3) is 0.565. The molecule has 2 heterocycles. The van der Waals surface area contributed by atoms with E-state index in [0.717, 1.165) is 69.0 Å². The van der Waals surface area contributed by atoms with E-state index in [2.05, 4.69) is 28.6 Å². The first-order valence-electron chi connectivity index (χ1n) is 10.5. The van der Waals surface area contributed by atoms with Gasteiger partial charge in [0.2, 0.25) is 5.91 Å². The maximum Gasteiger partial charge on any atom is 0.222 e. The Morgan fingerprint density at radius 1 is 1.14 bits per heavy atom. The molecule has 1 aromatic carbocycles. The number of rotatable bonds is 6. The fourth-order valence-corrected chi connectivity index (χ4v) is 4.33. The molecular formula is C23H32ClN3O. The summed E-state index contributed by atoms with van der Waals surface area (Å²) in [6, 6.07) is 8.44. The number of benzene rings is 1. The van der Waals surface area contributed by atoms with Crippen molar-refractivity contribution in [1.29, 1.82) is 0 Å². The van der Waals surface area contributed by atoms with E-state index in [1.807, 2.05) is 24.0 Å². The smallest absolute Gasteiger partial charge is 0.222 e. The van der Waals surface area contributed by atoms with E-state index < -0.39 is 0 Å².